The third kappa shape index (κ3) is 4.36. The van der Waals surface area contributed by atoms with Crippen LogP contribution in [0.1, 0.15) is 56.4 Å². The first kappa shape index (κ1) is 20.8. The van der Waals surface area contributed by atoms with Gasteiger partial charge < -0.3 is 15.7 Å². The Labute approximate surface area is 180 Å². The zero-order valence-corrected chi connectivity index (χ0v) is 17.6. The SMILES string of the molecule is CC(=O)n1cc(C(=O)Nc2cc(CNCC3CC3)cc(C(=O)O)c2C)c2ccccc21. The first-order chi connectivity index (χ1) is 14.8. The molecule has 0 saturated heterocycles. The number of hydrogen-bond donors (Lipinski definition) is 3. The van der Waals surface area contributed by atoms with Crippen LogP contribution in [0.2, 0.25) is 0 Å². The number of carbonyl (C=O) groups excluding carboxylic acids is 2. The van der Waals surface area contributed by atoms with Crippen molar-refractivity contribution < 1.29 is 19.5 Å². The number of aromatic nitrogens is 1. The van der Waals surface area contributed by atoms with E-state index >= 15 is 0 Å². The molecule has 7 heteroatoms. The number of amides is 1. The van der Waals surface area contributed by atoms with Crippen molar-refractivity contribution in [2.75, 3.05) is 11.9 Å². The van der Waals surface area contributed by atoms with Gasteiger partial charge in [0.15, 0.2) is 0 Å². The predicted octanol–water partition coefficient (Wildman–Crippen LogP) is 4.06. The molecule has 0 unspecified atom stereocenters. The second kappa shape index (κ2) is 8.35. The van der Waals surface area contributed by atoms with Gasteiger partial charge in [0.05, 0.1) is 16.6 Å². The van der Waals surface area contributed by atoms with E-state index in [1.807, 2.05) is 18.2 Å². The maximum Gasteiger partial charge on any atom is 0.336 e. The second-order valence-electron chi connectivity index (χ2n) is 8.10. The van der Waals surface area contributed by atoms with E-state index in [9.17, 15) is 19.5 Å². The molecule has 1 heterocycles. The van der Waals surface area contributed by atoms with E-state index in [1.165, 1.54) is 30.5 Å². The Bertz CT molecular complexity index is 1190. The number of nitrogens with one attached hydrogen (secondary N) is 2. The molecule has 0 spiro atoms. The van der Waals surface area contributed by atoms with Crippen molar-refractivity contribution in [2.45, 2.75) is 33.2 Å². The number of para-hydroxylation sites is 1. The molecule has 0 bridgehead atoms. The number of anilines is 1. The Morgan fingerprint density at radius 2 is 1.87 bits per heavy atom. The van der Waals surface area contributed by atoms with Gasteiger partial charge in [-0.3, -0.25) is 14.2 Å². The van der Waals surface area contributed by atoms with Gasteiger partial charge in [-0.25, -0.2) is 4.79 Å². The lowest BCUT2D eigenvalue weighted by atomic mass is 10.0. The smallest absolute Gasteiger partial charge is 0.336 e. The lowest BCUT2D eigenvalue weighted by Gasteiger charge is -2.14. The molecule has 7 nitrogen and oxygen atoms in total. The van der Waals surface area contributed by atoms with E-state index in [0.29, 0.717) is 40.2 Å². The van der Waals surface area contributed by atoms with Crippen LogP contribution in [0.15, 0.2) is 42.6 Å². The summed E-state index contributed by atoms with van der Waals surface area (Å²) < 4.78 is 1.44. The standard InChI is InChI=1S/C24H25N3O4/c1-14-19(24(30)31)9-17(12-25-11-16-7-8-16)10-21(14)26-23(29)20-13-27(15(2)28)22-6-4-3-5-18(20)22/h3-6,9-10,13,16,25H,7-8,11-12H2,1-2H3,(H,26,29)(H,30,31). The van der Waals surface area contributed by atoms with Crippen LogP contribution in [0.4, 0.5) is 5.69 Å². The van der Waals surface area contributed by atoms with Gasteiger partial charge in [0.1, 0.15) is 0 Å². The van der Waals surface area contributed by atoms with E-state index in [1.54, 1.807) is 25.1 Å². The summed E-state index contributed by atoms with van der Waals surface area (Å²) in [6, 6.07) is 10.7. The Kier molecular flexibility index (Phi) is 5.61. The molecular formula is C24H25N3O4. The van der Waals surface area contributed by atoms with Crippen LogP contribution < -0.4 is 10.6 Å². The molecule has 1 aromatic heterocycles. The molecule has 4 rings (SSSR count). The van der Waals surface area contributed by atoms with Crippen molar-refractivity contribution in [2.24, 2.45) is 5.92 Å². The van der Waals surface area contributed by atoms with Crippen molar-refractivity contribution in [3.05, 3.63) is 64.8 Å². The highest BCUT2D eigenvalue weighted by Gasteiger charge is 2.21. The van der Waals surface area contributed by atoms with Crippen molar-refractivity contribution in [3.63, 3.8) is 0 Å². The molecule has 0 radical (unpaired) electrons. The Balaban J connectivity index is 1.65. The minimum Gasteiger partial charge on any atom is -0.478 e. The molecule has 0 aliphatic heterocycles. The molecule has 3 N–H and O–H groups in total. The minimum atomic E-state index is -1.04. The summed E-state index contributed by atoms with van der Waals surface area (Å²) in [5.41, 5.74) is 2.91. The van der Waals surface area contributed by atoms with Crippen molar-refractivity contribution in [1.82, 2.24) is 9.88 Å². The van der Waals surface area contributed by atoms with Crippen molar-refractivity contribution in [3.8, 4) is 0 Å². The summed E-state index contributed by atoms with van der Waals surface area (Å²) in [6.45, 7) is 4.56. The quantitative estimate of drug-likeness (QED) is 0.536. The summed E-state index contributed by atoms with van der Waals surface area (Å²) in [4.78, 5) is 36.9. The summed E-state index contributed by atoms with van der Waals surface area (Å²) >= 11 is 0. The monoisotopic (exact) mass is 419 g/mol. The third-order valence-corrected chi connectivity index (χ3v) is 5.70. The van der Waals surface area contributed by atoms with Gasteiger partial charge >= 0.3 is 5.97 Å². The highest BCUT2D eigenvalue weighted by Crippen LogP contribution is 2.28. The Morgan fingerprint density at radius 3 is 2.55 bits per heavy atom. The van der Waals surface area contributed by atoms with E-state index in [2.05, 4.69) is 10.6 Å². The predicted molar refractivity (Wildman–Crippen MR) is 119 cm³/mol. The van der Waals surface area contributed by atoms with Gasteiger partial charge in [-0.1, -0.05) is 18.2 Å². The maximum atomic E-state index is 13.1. The third-order valence-electron chi connectivity index (χ3n) is 5.70. The maximum absolute atomic E-state index is 13.1. The Hall–Kier alpha value is -3.45. The van der Waals surface area contributed by atoms with Crippen LogP contribution in [-0.4, -0.2) is 34.0 Å². The number of aromatic carboxylic acids is 1. The minimum absolute atomic E-state index is 0.159. The fourth-order valence-corrected chi connectivity index (χ4v) is 3.78. The molecule has 1 amide bonds. The highest BCUT2D eigenvalue weighted by molar-refractivity contribution is 6.14. The number of carboxylic acids is 1. The van der Waals surface area contributed by atoms with Crippen LogP contribution in [-0.2, 0) is 6.54 Å². The molecule has 3 aromatic rings. The zero-order valence-electron chi connectivity index (χ0n) is 17.6. The normalized spacial score (nSPS) is 13.4. The largest absolute Gasteiger partial charge is 0.478 e. The van der Waals surface area contributed by atoms with Crippen LogP contribution >= 0.6 is 0 Å². The van der Waals surface area contributed by atoms with E-state index < -0.39 is 11.9 Å². The van der Waals surface area contributed by atoms with Gasteiger partial charge in [0.2, 0.25) is 5.91 Å². The molecular weight excluding hydrogens is 394 g/mol. The molecule has 1 fully saturated rings. The number of fused-ring (bicyclic) bond motifs is 1. The van der Waals surface area contributed by atoms with Crippen LogP contribution in [0, 0.1) is 12.8 Å². The van der Waals surface area contributed by atoms with Crippen LogP contribution in [0.5, 0.6) is 0 Å². The summed E-state index contributed by atoms with van der Waals surface area (Å²) in [5, 5.41) is 16.5. The summed E-state index contributed by atoms with van der Waals surface area (Å²) in [6.07, 6.45) is 3.99. The number of benzene rings is 2. The summed E-state index contributed by atoms with van der Waals surface area (Å²) in [7, 11) is 0. The molecule has 2 aromatic carbocycles. The molecule has 1 aliphatic rings. The number of hydrogen-bond acceptors (Lipinski definition) is 4. The number of carbonyl (C=O) groups is 3. The van der Waals surface area contributed by atoms with Gasteiger partial charge in [-0.15, -0.1) is 0 Å². The molecule has 1 saturated carbocycles. The topological polar surface area (TPSA) is 100 Å². The fraction of sp³-hybridized carbons (Fsp3) is 0.292. The lowest BCUT2D eigenvalue weighted by Crippen LogP contribution is -2.18. The molecule has 1 aliphatic carbocycles. The van der Waals surface area contributed by atoms with Gasteiger partial charge in [0, 0.05) is 30.7 Å². The number of nitrogens with zero attached hydrogens (tertiary/aromatic N) is 1. The molecule has 31 heavy (non-hydrogen) atoms. The summed E-state index contributed by atoms with van der Waals surface area (Å²) in [5.74, 6) is -0.908. The van der Waals surface area contributed by atoms with Crippen molar-refractivity contribution in [1.29, 1.82) is 0 Å². The van der Waals surface area contributed by atoms with Gasteiger partial charge in [-0.05, 0) is 61.6 Å². The zero-order chi connectivity index (χ0) is 22.1. The van der Waals surface area contributed by atoms with Crippen molar-refractivity contribution >= 4 is 34.4 Å². The van der Waals surface area contributed by atoms with Gasteiger partial charge in [-0.2, -0.15) is 0 Å². The first-order valence-corrected chi connectivity index (χ1v) is 10.3. The number of carboxylic acid groups (broad SMARTS) is 1. The van der Waals surface area contributed by atoms with Gasteiger partial charge in [0.25, 0.3) is 5.91 Å². The fourth-order valence-electron chi connectivity index (χ4n) is 3.78. The highest BCUT2D eigenvalue weighted by atomic mass is 16.4. The molecule has 160 valence electrons. The Morgan fingerprint density at radius 1 is 1.13 bits per heavy atom. The van der Waals surface area contributed by atoms with E-state index in [0.717, 1.165) is 12.1 Å². The first-order valence-electron chi connectivity index (χ1n) is 10.3. The second-order valence-corrected chi connectivity index (χ2v) is 8.10. The average Bonchev–Trinajstić information content (AvgIpc) is 3.47. The van der Waals surface area contributed by atoms with E-state index in [4.69, 9.17) is 0 Å². The number of rotatable bonds is 7. The van der Waals surface area contributed by atoms with Crippen LogP contribution in [0.3, 0.4) is 0 Å². The average molecular weight is 419 g/mol. The van der Waals surface area contributed by atoms with Crippen LogP contribution in [0.25, 0.3) is 10.9 Å². The van der Waals surface area contributed by atoms with E-state index in [-0.39, 0.29) is 11.5 Å². The molecule has 0 atom stereocenters. The lowest BCUT2D eigenvalue weighted by molar-refractivity contribution is 0.0695.